The molecule has 0 unspecified atom stereocenters. The van der Waals surface area contributed by atoms with Crippen LogP contribution in [-0.4, -0.2) is 51.2 Å². The number of methoxy groups -OCH3 is 1. The number of hydrogen-bond donors (Lipinski definition) is 0. The maximum atomic E-state index is 13.2. The van der Waals surface area contributed by atoms with E-state index in [2.05, 4.69) is 10.1 Å². The van der Waals surface area contributed by atoms with Crippen LogP contribution in [0.3, 0.4) is 0 Å². The molecule has 3 heterocycles. The van der Waals surface area contributed by atoms with Gasteiger partial charge in [-0.15, -0.1) is 11.3 Å². The van der Waals surface area contributed by atoms with Gasteiger partial charge in [0.05, 0.1) is 22.6 Å². The van der Waals surface area contributed by atoms with Crippen LogP contribution in [0, 0.1) is 13.8 Å². The highest BCUT2D eigenvalue weighted by atomic mass is 32.2. The average molecular weight is 434 g/mol. The summed E-state index contributed by atoms with van der Waals surface area (Å²) in [7, 11) is -1.92. The molecule has 1 fully saturated rings. The topological polar surface area (TPSA) is 75.9 Å². The molecule has 154 valence electrons. The molecule has 0 N–H and O–H groups in total. The third kappa shape index (κ3) is 3.90. The first-order chi connectivity index (χ1) is 13.9. The van der Waals surface area contributed by atoms with Crippen molar-refractivity contribution in [2.24, 2.45) is 0 Å². The molecule has 0 radical (unpaired) electrons. The number of sulfonamides is 1. The number of hydrogen-bond acceptors (Lipinski definition) is 7. The van der Waals surface area contributed by atoms with E-state index in [1.165, 1.54) is 11.3 Å². The highest BCUT2D eigenvalue weighted by molar-refractivity contribution is 7.89. The first kappa shape index (κ1) is 19.9. The third-order valence-corrected chi connectivity index (χ3v) is 8.26. The predicted molar refractivity (Wildman–Crippen MR) is 113 cm³/mol. The standard InChI is InChI=1S/C20H23N3O4S2/c1-14-12-18(27-21-14)19-13-20(15(2)28-19)29(24,25)23-10-8-22(9-11-23)16-4-6-17(26-3)7-5-16/h4-7,12-13H,8-11H2,1-3H3. The minimum Gasteiger partial charge on any atom is -0.497 e. The van der Waals surface area contributed by atoms with E-state index in [9.17, 15) is 8.42 Å². The molecule has 2 aromatic heterocycles. The van der Waals surface area contributed by atoms with Crippen molar-refractivity contribution < 1.29 is 17.7 Å². The summed E-state index contributed by atoms with van der Waals surface area (Å²) < 4.78 is 38.5. The summed E-state index contributed by atoms with van der Waals surface area (Å²) in [5, 5.41) is 3.89. The van der Waals surface area contributed by atoms with Gasteiger partial charge in [0.1, 0.15) is 5.75 Å². The van der Waals surface area contributed by atoms with Crippen LogP contribution in [0.15, 0.2) is 45.8 Å². The predicted octanol–water partition coefficient (Wildman–Crippen LogP) is 3.54. The quantitative estimate of drug-likeness (QED) is 0.613. The van der Waals surface area contributed by atoms with Crippen molar-refractivity contribution in [3.63, 3.8) is 0 Å². The minimum absolute atomic E-state index is 0.351. The van der Waals surface area contributed by atoms with Gasteiger partial charge in [0.15, 0.2) is 5.76 Å². The molecule has 0 amide bonds. The lowest BCUT2D eigenvalue weighted by atomic mass is 10.2. The molecule has 9 heteroatoms. The van der Waals surface area contributed by atoms with Crippen LogP contribution < -0.4 is 9.64 Å². The number of thiophene rings is 1. The number of nitrogens with zero attached hydrogens (tertiary/aromatic N) is 3. The van der Waals surface area contributed by atoms with Crippen LogP contribution >= 0.6 is 11.3 Å². The van der Waals surface area contributed by atoms with Gasteiger partial charge in [-0.2, -0.15) is 4.31 Å². The third-order valence-electron chi connectivity index (χ3n) is 5.04. The normalized spacial score (nSPS) is 15.6. The number of aryl methyl sites for hydroxylation is 2. The Morgan fingerprint density at radius 2 is 1.76 bits per heavy atom. The van der Waals surface area contributed by atoms with Crippen molar-refractivity contribution in [3.8, 4) is 16.4 Å². The van der Waals surface area contributed by atoms with E-state index in [1.54, 1.807) is 17.5 Å². The summed E-state index contributed by atoms with van der Waals surface area (Å²) in [5.74, 6) is 1.40. The Morgan fingerprint density at radius 3 is 2.34 bits per heavy atom. The Morgan fingerprint density at radius 1 is 1.07 bits per heavy atom. The summed E-state index contributed by atoms with van der Waals surface area (Å²) in [6.45, 7) is 5.85. The number of anilines is 1. The molecule has 0 atom stereocenters. The molecule has 1 saturated heterocycles. The van der Waals surface area contributed by atoms with Crippen molar-refractivity contribution in [2.45, 2.75) is 18.7 Å². The van der Waals surface area contributed by atoms with Gasteiger partial charge in [-0.05, 0) is 44.2 Å². The average Bonchev–Trinajstić information content (AvgIpc) is 3.34. The van der Waals surface area contributed by atoms with Crippen LogP contribution in [0.5, 0.6) is 5.75 Å². The first-order valence-electron chi connectivity index (χ1n) is 9.32. The zero-order valence-electron chi connectivity index (χ0n) is 16.6. The second-order valence-electron chi connectivity index (χ2n) is 6.95. The second kappa shape index (κ2) is 7.81. The van der Waals surface area contributed by atoms with Crippen molar-refractivity contribution >= 4 is 27.0 Å². The summed E-state index contributed by atoms with van der Waals surface area (Å²) in [4.78, 5) is 4.07. The Labute approximate surface area is 174 Å². The lowest BCUT2D eigenvalue weighted by Gasteiger charge is -2.35. The van der Waals surface area contributed by atoms with E-state index in [1.807, 2.05) is 44.2 Å². The SMILES string of the molecule is COc1ccc(N2CCN(S(=O)(=O)c3cc(-c4cc(C)no4)sc3C)CC2)cc1. The number of benzene rings is 1. The summed E-state index contributed by atoms with van der Waals surface area (Å²) in [6.07, 6.45) is 0. The van der Waals surface area contributed by atoms with E-state index < -0.39 is 10.0 Å². The van der Waals surface area contributed by atoms with Gasteiger partial charge < -0.3 is 14.2 Å². The molecule has 0 bridgehead atoms. The molecule has 29 heavy (non-hydrogen) atoms. The Kier molecular flexibility index (Phi) is 5.37. The number of ether oxygens (including phenoxy) is 1. The van der Waals surface area contributed by atoms with Gasteiger partial charge in [0.2, 0.25) is 10.0 Å². The fourth-order valence-corrected chi connectivity index (χ4v) is 6.37. The van der Waals surface area contributed by atoms with E-state index in [4.69, 9.17) is 9.26 Å². The number of piperazine rings is 1. The maximum absolute atomic E-state index is 13.2. The summed E-state index contributed by atoms with van der Waals surface area (Å²) in [6, 6.07) is 11.3. The number of rotatable bonds is 5. The largest absolute Gasteiger partial charge is 0.497 e. The van der Waals surface area contributed by atoms with Crippen LogP contribution in [0.2, 0.25) is 0 Å². The van der Waals surface area contributed by atoms with Gasteiger partial charge in [0, 0.05) is 42.8 Å². The molecule has 1 aromatic carbocycles. The van der Waals surface area contributed by atoms with E-state index >= 15 is 0 Å². The molecular weight excluding hydrogens is 410 g/mol. The fraction of sp³-hybridized carbons (Fsp3) is 0.350. The van der Waals surface area contributed by atoms with Crippen LogP contribution in [0.4, 0.5) is 5.69 Å². The summed E-state index contributed by atoms with van der Waals surface area (Å²) >= 11 is 1.41. The van der Waals surface area contributed by atoms with Crippen molar-refractivity contribution in [3.05, 3.63) is 47.0 Å². The van der Waals surface area contributed by atoms with E-state index in [-0.39, 0.29) is 0 Å². The Hall–Kier alpha value is -2.36. The maximum Gasteiger partial charge on any atom is 0.244 e. The summed E-state index contributed by atoms with van der Waals surface area (Å²) in [5.41, 5.74) is 1.84. The van der Waals surface area contributed by atoms with Crippen molar-refractivity contribution in [1.82, 2.24) is 9.46 Å². The van der Waals surface area contributed by atoms with Crippen LogP contribution in [-0.2, 0) is 10.0 Å². The van der Waals surface area contributed by atoms with Crippen LogP contribution in [0.1, 0.15) is 10.6 Å². The zero-order valence-corrected chi connectivity index (χ0v) is 18.2. The van der Waals surface area contributed by atoms with Crippen molar-refractivity contribution in [2.75, 3.05) is 38.2 Å². The fourth-order valence-electron chi connectivity index (χ4n) is 3.44. The first-order valence-corrected chi connectivity index (χ1v) is 11.6. The van der Waals surface area contributed by atoms with Crippen LogP contribution in [0.25, 0.3) is 10.6 Å². The minimum atomic E-state index is -3.55. The van der Waals surface area contributed by atoms with Gasteiger partial charge in [0.25, 0.3) is 0 Å². The zero-order chi connectivity index (χ0) is 20.6. The van der Waals surface area contributed by atoms with Gasteiger partial charge in [-0.1, -0.05) is 5.16 Å². The Balaban J connectivity index is 1.49. The molecule has 0 spiro atoms. The van der Waals surface area contributed by atoms with Gasteiger partial charge in [-0.25, -0.2) is 8.42 Å². The lowest BCUT2D eigenvalue weighted by Crippen LogP contribution is -2.48. The molecule has 4 rings (SSSR count). The molecule has 3 aromatic rings. The highest BCUT2D eigenvalue weighted by Crippen LogP contribution is 2.35. The molecule has 1 aliphatic heterocycles. The highest BCUT2D eigenvalue weighted by Gasteiger charge is 2.31. The second-order valence-corrected chi connectivity index (χ2v) is 10.1. The lowest BCUT2D eigenvalue weighted by molar-refractivity contribution is 0.384. The molecule has 0 aliphatic carbocycles. The molecule has 1 aliphatic rings. The number of aromatic nitrogens is 1. The smallest absolute Gasteiger partial charge is 0.244 e. The van der Waals surface area contributed by atoms with E-state index in [0.29, 0.717) is 36.8 Å². The van der Waals surface area contributed by atoms with Crippen molar-refractivity contribution in [1.29, 1.82) is 0 Å². The monoisotopic (exact) mass is 433 g/mol. The van der Waals surface area contributed by atoms with E-state index in [0.717, 1.165) is 26.9 Å². The molecular formula is C20H23N3O4S2. The van der Waals surface area contributed by atoms with Gasteiger partial charge >= 0.3 is 0 Å². The van der Waals surface area contributed by atoms with Gasteiger partial charge in [-0.3, -0.25) is 0 Å². The molecule has 7 nitrogen and oxygen atoms in total. The Bertz CT molecular complexity index is 1100. The molecule has 0 saturated carbocycles.